The Morgan fingerprint density at radius 3 is 2.58 bits per heavy atom. The summed E-state index contributed by atoms with van der Waals surface area (Å²) in [7, 11) is 0. The number of rotatable bonds is 6. The molecule has 0 bridgehead atoms. The molecule has 3 heteroatoms. The number of aliphatic hydroxyl groups is 1. The lowest BCUT2D eigenvalue weighted by molar-refractivity contribution is -0.0173. The van der Waals surface area contributed by atoms with Crippen molar-refractivity contribution in [3.63, 3.8) is 0 Å². The third kappa shape index (κ3) is 6.24. The van der Waals surface area contributed by atoms with Crippen LogP contribution in [0.1, 0.15) is 60.3 Å². The van der Waals surface area contributed by atoms with Gasteiger partial charge < -0.3 is 15.3 Å². The molecule has 3 nitrogen and oxygen atoms in total. The van der Waals surface area contributed by atoms with E-state index in [1.165, 1.54) is 12.8 Å². The molecule has 1 rings (SSSR count). The number of nitrogens with zero attached hydrogens (tertiary/aromatic N) is 1. The molecule has 1 aliphatic rings. The van der Waals surface area contributed by atoms with Crippen molar-refractivity contribution in [2.45, 2.75) is 71.9 Å². The largest absolute Gasteiger partial charge is 0.389 e. The molecular formula is C16H34N2O. The number of hydrogen-bond donors (Lipinski definition) is 2. The first-order chi connectivity index (χ1) is 8.74. The number of hydrogen-bond acceptors (Lipinski definition) is 3. The van der Waals surface area contributed by atoms with Gasteiger partial charge in [-0.1, -0.05) is 27.7 Å². The zero-order valence-electron chi connectivity index (χ0n) is 13.6. The number of β-amino-alcohol motifs (C(OH)–C–C–N with tert-alkyl or cyclic N) is 1. The van der Waals surface area contributed by atoms with Gasteiger partial charge in [0.25, 0.3) is 0 Å². The molecule has 1 saturated heterocycles. The summed E-state index contributed by atoms with van der Waals surface area (Å²) in [5, 5.41) is 13.8. The second-order valence-corrected chi connectivity index (χ2v) is 7.54. The SMILES string of the molecule is CCCNC(CCN1CCCC(C)(O)C1)C(C)(C)C. The molecule has 0 saturated carbocycles. The van der Waals surface area contributed by atoms with Gasteiger partial charge in [0.2, 0.25) is 0 Å². The second kappa shape index (κ2) is 7.05. The maximum absolute atomic E-state index is 10.2. The highest BCUT2D eigenvalue weighted by atomic mass is 16.3. The minimum Gasteiger partial charge on any atom is -0.389 e. The van der Waals surface area contributed by atoms with Crippen LogP contribution in [-0.4, -0.2) is 47.8 Å². The maximum atomic E-state index is 10.2. The van der Waals surface area contributed by atoms with Gasteiger partial charge in [-0.05, 0) is 57.7 Å². The topological polar surface area (TPSA) is 35.5 Å². The normalized spacial score (nSPS) is 27.5. The van der Waals surface area contributed by atoms with Crippen molar-refractivity contribution in [1.82, 2.24) is 10.2 Å². The molecule has 114 valence electrons. The van der Waals surface area contributed by atoms with Crippen LogP contribution in [0.5, 0.6) is 0 Å². The number of nitrogens with one attached hydrogen (secondary N) is 1. The van der Waals surface area contributed by atoms with Gasteiger partial charge in [-0.3, -0.25) is 0 Å². The van der Waals surface area contributed by atoms with Crippen molar-refractivity contribution in [1.29, 1.82) is 0 Å². The molecule has 2 N–H and O–H groups in total. The van der Waals surface area contributed by atoms with E-state index < -0.39 is 5.60 Å². The van der Waals surface area contributed by atoms with Gasteiger partial charge in [-0.2, -0.15) is 0 Å². The van der Waals surface area contributed by atoms with E-state index in [9.17, 15) is 5.11 Å². The molecule has 0 aliphatic carbocycles. The Morgan fingerprint density at radius 1 is 1.37 bits per heavy atom. The predicted molar refractivity (Wildman–Crippen MR) is 82.5 cm³/mol. The Hall–Kier alpha value is -0.120. The van der Waals surface area contributed by atoms with Crippen LogP contribution in [0.3, 0.4) is 0 Å². The van der Waals surface area contributed by atoms with Gasteiger partial charge in [0.1, 0.15) is 0 Å². The van der Waals surface area contributed by atoms with E-state index in [0.29, 0.717) is 11.5 Å². The maximum Gasteiger partial charge on any atom is 0.0746 e. The molecule has 0 radical (unpaired) electrons. The van der Waals surface area contributed by atoms with Crippen LogP contribution in [0.2, 0.25) is 0 Å². The zero-order valence-corrected chi connectivity index (χ0v) is 13.6. The fraction of sp³-hybridized carbons (Fsp3) is 1.00. The van der Waals surface area contributed by atoms with Gasteiger partial charge in [0, 0.05) is 12.6 Å². The quantitative estimate of drug-likeness (QED) is 0.779. The van der Waals surface area contributed by atoms with Gasteiger partial charge in [0.15, 0.2) is 0 Å². The van der Waals surface area contributed by atoms with Crippen LogP contribution >= 0.6 is 0 Å². The van der Waals surface area contributed by atoms with Crippen LogP contribution in [0, 0.1) is 5.41 Å². The van der Waals surface area contributed by atoms with Crippen molar-refractivity contribution in [2.24, 2.45) is 5.41 Å². The van der Waals surface area contributed by atoms with E-state index in [1.807, 2.05) is 6.92 Å². The van der Waals surface area contributed by atoms with Crippen LogP contribution in [0.25, 0.3) is 0 Å². The van der Waals surface area contributed by atoms with Crippen molar-refractivity contribution in [3.8, 4) is 0 Å². The van der Waals surface area contributed by atoms with Crippen molar-refractivity contribution in [2.75, 3.05) is 26.2 Å². The first-order valence-electron chi connectivity index (χ1n) is 7.93. The molecule has 1 heterocycles. The third-order valence-corrected chi connectivity index (χ3v) is 4.17. The number of piperidine rings is 1. The molecular weight excluding hydrogens is 236 g/mol. The fourth-order valence-corrected chi connectivity index (χ4v) is 2.99. The summed E-state index contributed by atoms with van der Waals surface area (Å²) in [5.74, 6) is 0. The van der Waals surface area contributed by atoms with Gasteiger partial charge in [0.05, 0.1) is 5.60 Å². The molecule has 0 aromatic heterocycles. The number of likely N-dealkylation sites (tertiary alicyclic amines) is 1. The summed E-state index contributed by atoms with van der Waals surface area (Å²) in [6.45, 7) is 15.3. The van der Waals surface area contributed by atoms with Crippen LogP contribution in [-0.2, 0) is 0 Å². The smallest absolute Gasteiger partial charge is 0.0746 e. The molecule has 19 heavy (non-hydrogen) atoms. The summed E-state index contributed by atoms with van der Waals surface area (Å²) in [5.41, 5.74) is -0.181. The molecule has 2 atom stereocenters. The van der Waals surface area contributed by atoms with Crippen LogP contribution in [0.15, 0.2) is 0 Å². The predicted octanol–water partition coefficient (Wildman–Crippen LogP) is 2.64. The molecule has 1 fully saturated rings. The Bertz CT molecular complexity index is 258. The third-order valence-electron chi connectivity index (χ3n) is 4.17. The van der Waals surface area contributed by atoms with Crippen LogP contribution < -0.4 is 5.32 Å². The molecule has 1 aliphatic heterocycles. The summed E-state index contributed by atoms with van der Waals surface area (Å²) in [6, 6.07) is 0.555. The Balaban J connectivity index is 2.42. The van der Waals surface area contributed by atoms with Gasteiger partial charge >= 0.3 is 0 Å². The lowest BCUT2D eigenvalue weighted by Gasteiger charge is -2.39. The zero-order chi connectivity index (χ0) is 14.5. The fourth-order valence-electron chi connectivity index (χ4n) is 2.99. The van der Waals surface area contributed by atoms with E-state index in [-0.39, 0.29) is 0 Å². The van der Waals surface area contributed by atoms with Gasteiger partial charge in [-0.25, -0.2) is 0 Å². The van der Waals surface area contributed by atoms with E-state index in [2.05, 4.69) is 37.9 Å². The molecule has 0 aromatic rings. The van der Waals surface area contributed by atoms with Crippen molar-refractivity contribution in [3.05, 3.63) is 0 Å². The first-order valence-corrected chi connectivity index (χ1v) is 7.93. The highest BCUT2D eigenvalue weighted by molar-refractivity contribution is 4.86. The van der Waals surface area contributed by atoms with Crippen molar-refractivity contribution >= 4 is 0 Å². The monoisotopic (exact) mass is 270 g/mol. The minimum absolute atomic E-state index is 0.299. The minimum atomic E-state index is -0.480. The van der Waals surface area contributed by atoms with Gasteiger partial charge in [-0.15, -0.1) is 0 Å². The molecule has 0 amide bonds. The Kier molecular flexibility index (Phi) is 6.28. The lowest BCUT2D eigenvalue weighted by Crippen LogP contribution is -2.48. The highest BCUT2D eigenvalue weighted by Gasteiger charge is 2.30. The summed E-state index contributed by atoms with van der Waals surface area (Å²) in [6.07, 6.45) is 4.42. The van der Waals surface area contributed by atoms with Crippen molar-refractivity contribution < 1.29 is 5.11 Å². The van der Waals surface area contributed by atoms with E-state index in [1.54, 1.807) is 0 Å². The lowest BCUT2D eigenvalue weighted by atomic mass is 9.84. The standard InChI is InChI=1S/C16H34N2O/c1-6-10-17-14(15(2,3)4)8-12-18-11-7-9-16(5,19)13-18/h14,17,19H,6-13H2,1-5H3. The Labute approximate surface area is 119 Å². The highest BCUT2D eigenvalue weighted by Crippen LogP contribution is 2.24. The summed E-state index contributed by atoms with van der Waals surface area (Å²) < 4.78 is 0. The van der Waals surface area contributed by atoms with E-state index in [4.69, 9.17) is 0 Å². The molecule has 0 spiro atoms. The van der Waals surface area contributed by atoms with E-state index in [0.717, 1.165) is 39.0 Å². The van der Waals surface area contributed by atoms with Crippen LogP contribution in [0.4, 0.5) is 0 Å². The average Bonchev–Trinajstić information content (AvgIpc) is 2.26. The molecule has 0 aromatic carbocycles. The van der Waals surface area contributed by atoms with E-state index >= 15 is 0 Å². The first kappa shape index (κ1) is 16.9. The molecule has 2 unspecified atom stereocenters. The summed E-state index contributed by atoms with van der Waals surface area (Å²) >= 11 is 0. The average molecular weight is 270 g/mol. The Morgan fingerprint density at radius 2 is 2.05 bits per heavy atom. The second-order valence-electron chi connectivity index (χ2n) is 7.54. The summed E-state index contributed by atoms with van der Waals surface area (Å²) in [4.78, 5) is 2.43.